The molecule has 1 unspecified atom stereocenters. The van der Waals surface area contributed by atoms with Gasteiger partial charge < -0.3 is 16.0 Å². The quantitative estimate of drug-likeness (QED) is 0.666. The number of likely N-dealkylation sites (tertiary alicyclic amines) is 1. The van der Waals surface area contributed by atoms with E-state index in [9.17, 15) is 14.4 Å². The summed E-state index contributed by atoms with van der Waals surface area (Å²) >= 11 is 0. The summed E-state index contributed by atoms with van der Waals surface area (Å²) in [5.74, 6) is -0.735. The number of rotatable bonds is 7. The number of nitrogens with one attached hydrogen (secondary N) is 1. The van der Waals surface area contributed by atoms with Crippen molar-refractivity contribution >= 4 is 17.7 Å². The van der Waals surface area contributed by atoms with Gasteiger partial charge in [0.2, 0.25) is 17.7 Å². The summed E-state index contributed by atoms with van der Waals surface area (Å²) in [4.78, 5) is 38.9. The highest BCUT2D eigenvalue weighted by molar-refractivity contribution is 5.82. The summed E-state index contributed by atoms with van der Waals surface area (Å²) in [5.41, 5.74) is 5.33. The van der Waals surface area contributed by atoms with E-state index in [0.29, 0.717) is 19.6 Å². The summed E-state index contributed by atoms with van der Waals surface area (Å²) < 4.78 is 0. The Morgan fingerprint density at radius 2 is 2.00 bits per heavy atom. The van der Waals surface area contributed by atoms with Crippen molar-refractivity contribution in [3.8, 4) is 0 Å². The van der Waals surface area contributed by atoms with Gasteiger partial charge in [0.1, 0.15) is 0 Å². The van der Waals surface area contributed by atoms with Crippen LogP contribution in [0.25, 0.3) is 0 Å². The van der Waals surface area contributed by atoms with E-state index in [2.05, 4.69) is 5.32 Å². The highest BCUT2D eigenvalue weighted by Crippen LogP contribution is 2.16. The van der Waals surface area contributed by atoms with Crippen molar-refractivity contribution in [2.24, 2.45) is 11.7 Å². The second-order valence-electron chi connectivity index (χ2n) is 6.11. The van der Waals surface area contributed by atoms with E-state index in [1.165, 1.54) is 0 Å². The lowest BCUT2D eigenvalue weighted by atomic mass is 9.97. The molecule has 1 heterocycles. The van der Waals surface area contributed by atoms with Crippen molar-refractivity contribution in [3.63, 3.8) is 0 Å². The van der Waals surface area contributed by atoms with Crippen LogP contribution in [0, 0.1) is 5.92 Å². The van der Waals surface area contributed by atoms with E-state index in [1.54, 1.807) is 9.80 Å². The molecule has 1 fully saturated rings. The maximum absolute atomic E-state index is 12.3. The minimum atomic E-state index is -0.346. The molecule has 0 aromatic carbocycles. The smallest absolute Gasteiger partial charge is 0.236 e. The zero-order chi connectivity index (χ0) is 16.7. The third kappa shape index (κ3) is 6.01. The predicted octanol–water partition coefficient (Wildman–Crippen LogP) is -0.443. The van der Waals surface area contributed by atoms with E-state index >= 15 is 0 Å². The number of nitrogens with two attached hydrogens (primary N) is 1. The molecule has 0 bridgehead atoms. The predicted molar refractivity (Wildman–Crippen MR) is 83.9 cm³/mol. The van der Waals surface area contributed by atoms with E-state index in [4.69, 9.17) is 5.73 Å². The lowest BCUT2D eigenvalue weighted by Crippen LogP contribution is -2.49. The number of carbonyl (C=O) groups is 3. The van der Waals surface area contributed by atoms with Gasteiger partial charge in [-0.3, -0.25) is 19.3 Å². The van der Waals surface area contributed by atoms with Crippen LogP contribution in [0.15, 0.2) is 0 Å². The molecule has 0 aromatic heterocycles. The molecule has 3 amide bonds. The number of primary amides is 1. The topological polar surface area (TPSA) is 95.7 Å². The molecule has 0 spiro atoms. The summed E-state index contributed by atoms with van der Waals surface area (Å²) in [6.07, 6.45) is 1.53. The molecule has 0 radical (unpaired) electrons. The molecule has 1 rings (SSSR count). The molecule has 1 aliphatic rings. The SMILES string of the molecule is CCN(CC(=O)NC(C)C)CC(=O)N1CCCC(C(N)=O)C1. The Bertz CT molecular complexity index is 412. The Hall–Kier alpha value is -1.63. The van der Waals surface area contributed by atoms with Gasteiger partial charge in [-0.25, -0.2) is 0 Å². The van der Waals surface area contributed by atoms with Gasteiger partial charge in [-0.1, -0.05) is 6.92 Å². The second kappa shape index (κ2) is 8.73. The molecule has 7 nitrogen and oxygen atoms in total. The Morgan fingerprint density at radius 1 is 1.32 bits per heavy atom. The minimum Gasteiger partial charge on any atom is -0.369 e. The standard InChI is InChI=1S/C15H28N4O3/c1-4-18(9-13(20)17-11(2)3)10-14(21)19-7-5-6-12(8-19)15(16)22/h11-12H,4-10H2,1-3H3,(H2,16,22)(H,17,20). The number of amides is 3. The third-order valence-corrected chi connectivity index (χ3v) is 3.80. The summed E-state index contributed by atoms with van der Waals surface area (Å²) in [5, 5.41) is 2.82. The molecule has 0 aromatic rings. The average molecular weight is 312 g/mol. The largest absolute Gasteiger partial charge is 0.369 e. The van der Waals surface area contributed by atoms with Crippen LogP contribution in [0.3, 0.4) is 0 Å². The lowest BCUT2D eigenvalue weighted by molar-refractivity contribution is -0.136. The van der Waals surface area contributed by atoms with Crippen LogP contribution >= 0.6 is 0 Å². The van der Waals surface area contributed by atoms with Gasteiger partial charge >= 0.3 is 0 Å². The monoisotopic (exact) mass is 312 g/mol. The second-order valence-corrected chi connectivity index (χ2v) is 6.11. The van der Waals surface area contributed by atoms with Crippen LogP contribution in [-0.2, 0) is 14.4 Å². The number of hydrogen-bond acceptors (Lipinski definition) is 4. The van der Waals surface area contributed by atoms with E-state index < -0.39 is 0 Å². The maximum Gasteiger partial charge on any atom is 0.236 e. The fraction of sp³-hybridized carbons (Fsp3) is 0.800. The van der Waals surface area contributed by atoms with Crippen molar-refractivity contribution in [3.05, 3.63) is 0 Å². The lowest BCUT2D eigenvalue weighted by Gasteiger charge is -2.32. The highest BCUT2D eigenvalue weighted by atomic mass is 16.2. The van der Waals surface area contributed by atoms with Crippen molar-refractivity contribution in [2.45, 2.75) is 39.7 Å². The van der Waals surface area contributed by atoms with Gasteiger partial charge in [0.05, 0.1) is 19.0 Å². The Kier molecular flexibility index (Phi) is 7.31. The number of hydrogen-bond donors (Lipinski definition) is 2. The molecule has 0 saturated carbocycles. The van der Waals surface area contributed by atoms with Crippen molar-refractivity contribution in [1.82, 2.24) is 15.1 Å². The van der Waals surface area contributed by atoms with Crippen LogP contribution in [-0.4, -0.2) is 66.3 Å². The van der Waals surface area contributed by atoms with Gasteiger partial charge in [-0.15, -0.1) is 0 Å². The van der Waals surface area contributed by atoms with Crippen LogP contribution < -0.4 is 11.1 Å². The highest BCUT2D eigenvalue weighted by Gasteiger charge is 2.27. The average Bonchev–Trinajstić information content (AvgIpc) is 2.45. The Balaban J connectivity index is 2.50. The summed E-state index contributed by atoms with van der Waals surface area (Å²) in [6.45, 7) is 7.76. The molecule has 1 atom stereocenters. The van der Waals surface area contributed by atoms with Gasteiger partial charge in [0.25, 0.3) is 0 Å². The first-order chi connectivity index (χ1) is 10.3. The van der Waals surface area contributed by atoms with Crippen molar-refractivity contribution in [2.75, 3.05) is 32.7 Å². The van der Waals surface area contributed by atoms with Gasteiger partial charge in [-0.05, 0) is 33.2 Å². The van der Waals surface area contributed by atoms with E-state index in [0.717, 1.165) is 12.8 Å². The zero-order valence-electron chi connectivity index (χ0n) is 13.8. The normalized spacial score (nSPS) is 18.6. The van der Waals surface area contributed by atoms with Gasteiger partial charge in [-0.2, -0.15) is 0 Å². The molecule has 1 aliphatic heterocycles. The maximum atomic E-state index is 12.3. The first-order valence-electron chi connectivity index (χ1n) is 7.92. The van der Waals surface area contributed by atoms with Crippen LogP contribution in [0.1, 0.15) is 33.6 Å². The Morgan fingerprint density at radius 3 is 2.55 bits per heavy atom. The van der Waals surface area contributed by atoms with Crippen LogP contribution in [0.2, 0.25) is 0 Å². The molecule has 3 N–H and O–H groups in total. The first kappa shape index (κ1) is 18.4. The number of piperidine rings is 1. The summed E-state index contributed by atoms with van der Waals surface area (Å²) in [7, 11) is 0. The zero-order valence-corrected chi connectivity index (χ0v) is 13.8. The van der Waals surface area contributed by atoms with E-state index in [1.807, 2.05) is 20.8 Å². The van der Waals surface area contributed by atoms with Crippen molar-refractivity contribution in [1.29, 1.82) is 0 Å². The van der Waals surface area contributed by atoms with E-state index in [-0.39, 0.29) is 42.8 Å². The van der Waals surface area contributed by atoms with Crippen LogP contribution in [0.5, 0.6) is 0 Å². The molecular formula is C15H28N4O3. The number of likely N-dealkylation sites (N-methyl/N-ethyl adjacent to an activating group) is 1. The number of carbonyl (C=O) groups excluding carboxylic acids is 3. The minimum absolute atomic E-state index is 0.0508. The molecule has 7 heteroatoms. The fourth-order valence-electron chi connectivity index (χ4n) is 2.58. The fourth-order valence-corrected chi connectivity index (χ4v) is 2.58. The van der Waals surface area contributed by atoms with Gasteiger partial charge in [0, 0.05) is 19.1 Å². The molecule has 22 heavy (non-hydrogen) atoms. The number of nitrogens with zero attached hydrogens (tertiary/aromatic N) is 2. The third-order valence-electron chi connectivity index (χ3n) is 3.80. The molecule has 0 aliphatic carbocycles. The molecule has 126 valence electrons. The summed E-state index contributed by atoms with van der Waals surface area (Å²) in [6, 6.07) is 0.0836. The van der Waals surface area contributed by atoms with Crippen LogP contribution in [0.4, 0.5) is 0 Å². The van der Waals surface area contributed by atoms with Crippen molar-refractivity contribution < 1.29 is 14.4 Å². The van der Waals surface area contributed by atoms with Gasteiger partial charge in [0.15, 0.2) is 0 Å². The Labute approximate surface area is 132 Å². The first-order valence-corrected chi connectivity index (χ1v) is 7.92. The molecular weight excluding hydrogens is 284 g/mol. The molecule has 1 saturated heterocycles.